The van der Waals surface area contributed by atoms with Crippen molar-refractivity contribution >= 4 is 0 Å². The van der Waals surface area contributed by atoms with Crippen molar-refractivity contribution in [2.75, 3.05) is 6.54 Å². The molecule has 0 aliphatic carbocycles. The lowest BCUT2D eigenvalue weighted by molar-refractivity contribution is 0.795. The van der Waals surface area contributed by atoms with Crippen LogP contribution in [0.15, 0.2) is 24.3 Å². The summed E-state index contributed by atoms with van der Waals surface area (Å²) in [4.78, 5) is 0. The zero-order chi connectivity index (χ0) is 9.97. The lowest BCUT2D eigenvalue weighted by Crippen LogP contribution is -1.92. The van der Waals surface area contributed by atoms with Crippen molar-refractivity contribution in [2.24, 2.45) is 0 Å². The average molecular weight is 188 g/mol. The Morgan fingerprint density at radius 2 is 1.93 bits per heavy atom. The molecule has 0 N–H and O–H groups in total. The fourth-order valence-corrected chi connectivity index (χ4v) is 2.00. The van der Waals surface area contributed by atoms with Gasteiger partial charge in [0.25, 0.3) is 0 Å². The molecule has 1 aromatic rings. The summed E-state index contributed by atoms with van der Waals surface area (Å²) in [7, 11) is 0. The van der Waals surface area contributed by atoms with Crippen molar-refractivity contribution in [2.45, 2.75) is 38.6 Å². The molecule has 1 heteroatoms. The summed E-state index contributed by atoms with van der Waals surface area (Å²) in [6.45, 7) is 5.51. The first-order valence-corrected chi connectivity index (χ1v) is 5.54. The summed E-state index contributed by atoms with van der Waals surface area (Å²) in [5.41, 5.74) is 2.82. The predicted octanol–water partition coefficient (Wildman–Crippen LogP) is 4.02. The monoisotopic (exact) mass is 188 g/mol. The van der Waals surface area contributed by atoms with Crippen LogP contribution in [0.25, 0.3) is 5.32 Å². The van der Waals surface area contributed by atoms with E-state index >= 15 is 0 Å². The van der Waals surface area contributed by atoms with E-state index < -0.39 is 0 Å². The fraction of sp³-hybridized carbons (Fsp3) is 0.538. The van der Waals surface area contributed by atoms with Gasteiger partial charge in [-0.3, -0.25) is 0 Å². The third kappa shape index (κ3) is 1.98. The highest BCUT2D eigenvalue weighted by atomic mass is 14.9. The Hall–Kier alpha value is -0.820. The van der Waals surface area contributed by atoms with Gasteiger partial charge in [-0.05, 0) is 11.5 Å². The summed E-state index contributed by atoms with van der Waals surface area (Å²) in [6.07, 6.45) is 2.50. The van der Waals surface area contributed by atoms with Crippen LogP contribution in [0.2, 0.25) is 0 Å². The van der Waals surface area contributed by atoms with E-state index in [0.717, 1.165) is 6.54 Å². The Balaban J connectivity index is 2.12. The summed E-state index contributed by atoms with van der Waals surface area (Å²) >= 11 is 0. The van der Waals surface area contributed by atoms with E-state index in [9.17, 15) is 0 Å². The molecule has 1 saturated heterocycles. The molecule has 1 aliphatic rings. The predicted molar refractivity (Wildman–Crippen MR) is 60.7 cm³/mol. The van der Waals surface area contributed by atoms with Crippen LogP contribution in [-0.2, 0) is 0 Å². The zero-order valence-corrected chi connectivity index (χ0v) is 9.03. The van der Waals surface area contributed by atoms with Crippen LogP contribution in [0.4, 0.5) is 0 Å². The molecule has 1 fully saturated rings. The number of nitrogens with zero attached hydrogens (tertiary/aromatic N) is 1. The molecule has 2 rings (SSSR count). The van der Waals surface area contributed by atoms with Gasteiger partial charge in [0, 0.05) is 0 Å². The van der Waals surface area contributed by atoms with Crippen molar-refractivity contribution < 1.29 is 0 Å². The van der Waals surface area contributed by atoms with Gasteiger partial charge in [0.15, 0.2) is 0 Å². The average Bonchev–Trinajstić information content (AvgIpc) is 2.71. The molecule has 0 amide bonds. The lowest BCUT2D eigenvalue weighted by atomic mass is 9.98. The van der Waals surface area contributed by atoms with Crippen molar-refractivity contribution in [3.8, 4) is 0 Å². The van der Waals surface area contributed by atoms with Gasteiger partial charge in [-0.1, -0.05) is 56.5 Å². The lowest BCUT2D eigenvalue weighted by Gasteiger charge is -2.23. The first-order chi connectivity index (χ1) is 6.77. The molecule has 14 heavy (non-hydrogen) atoms. The second-order valence-corrected chi connectivity index (χ2v) is 4.39. The van der Waals surface area contributed by atoms with Crippen molar-refractivity contribution in [3.63, 3.8) is 0 Å². The second-order valence-electron chi connectivity index (χ2n) is 4.39. The van der Waals surface area contributed by atoms with Gasteiger partial charge in [-0.25, -0.2) is 0 Å². The highest BCUT2D eigenvalue weighted by Gasteiger charge is 2.06. The Bertz CT molecular complexity index is 281. The van der Waals surface area contributed by atoms with Gasteiger partial charge in [-0.2, -0.15) is 0 Å². The van der Waals surface area contributed by atoms with E-state index in [0.29, 0.717) is 12.0 Å². The van der Waals surface area contributed by atoms with Crippen LogP contribution in [0.1, 0.15) is 49.8 Å². The van der Waals surface area contributed by atoms with E-state index in [1.165, 1.54) is 24.0 Å². The Morgan fingerprint density at radius 1 is 1.21 bits per heavy atom. The van der Waals surface area contributed by atoms with E-state index in [1.54, 1.807) is 0 Å². The Kier molecular flexibility index (Phi) is 2.87. The van der Waals surface area contributed by atoms with Crippen LogP contribution in [0.3, 0.4) is 0 Å². The maximum absolute atomic E-state index is 4.58. The molecule has 0 bridgehead atoms. The molecule has 76 valence electrons. The zero-order valence-electron chi connectivity index (χ0n) is 9.03. The second kappa shape index (κ2) is 4.14. The Labute approximate surface area is 86.5 Å². The molecular formula is C13H18N-. The first kappa shape index (κ1) is 9.72. The third-order valence-corrected chi connectivity index (χ3v) is 2.97. The summed E-state index contributed by atoms with van der Waals surface area (Å²) < 4.78 is 0. The molecular weight excluding hydrogens is 170 g/mol. The van der Waals surface area contributed by atoms with Crippen LogP contribution in [-0.4, -0.2) is 6.54 Å². The molecule has 0 aromatic heterocycles. The standard InChI is InChI=1S/C13H18N/c1-10(2)11-5-7-12(8-6-11)13-4-3-9-14-13/h5-8,10,13H,3-4,9H2,1-2H3/q-1. The molecule has 1 unspecified atom stereocenters. The first-order valence-electron chi connectivity index (χ1n) is 5.54. The van der Waals surface area contributed by atoms with Crippen LogP contribution < -0.4 is 0 Å². The number of benzene rings is 1. The van der Waals surface area contributed by atoms with Crippen LogP contribution >= 0.6 is 0 Å². The number of hydrogen-bond donors (Lipinski definition) is 0. The Morgan fingerprint density at radius 3 is 2.43 bits per heavy atom. The van der Waals surface area contributed by atoms with Crippen molar-refractivity contribution in [1.29, 1.82) is 0 Å². The minimum absolute atomic E-state index is 0.483. The molecule has 1 aliphatic heterocycles. The van der Waals surface area contributed by atoms with Crippen LogP contribution in [0.5, 0.6) is 0 Å². The molecule has 1 nitrogen and oxygen atoms in total. The van der Waals surface area contributed by atoms with Gasteiger partial charge in [0.2, 0.25) is 0 Å². The molecule has 1 atom stereocenters. The molecule has 0 radical (unpaired) electrons. The SMILES string of the molecule is CC(C)c1ccc(C2CCC[N-]2)cc1. The highest BCUT2D eigenvalue weighted by Crippen LogP contribution is 2.33. The van der Waals surface area contributed by atoms with Gasteiger partial charge < -0.3 is 5.32 Å². The van der Waals surface area contributed by atoms with E-state index in [-0.39, 0.29) is 0 Å². The normalized spacial score (nSPS) is 21.8. The summed E-state index contributed by atoms with van der Waals surface area (Å²) in [6, 6.07) is 9.46. The van der Waals surface area contributed by atoms with Crippen LogP contribution in [0, 0.1) is 0 Å². The van der Waals surface area contributed by atoms with E-state index in [1.807, 2.05) is 0 Å². The summed E-state index contributed by atoms with van der Waals surface area (Å²) in [5, 5.41) is 4.58. The van der Waals surface area contributed by atoms with E-state index in [4.69, 9.17) is 0 Å². The quantitative estimate of drug-likeness (QED) is 0.665. The molecule has 1 aromatic carbocycles. The maximum Gasteiger partial charge on any atom is -0.0219 e. The van der Waals surface area contributed by atoms with Gasteiger partial charge in [0.05, 0.1) is 0 Å². The minimum atomic E-state index is 0.483. The highest BCUT2D eigenvalue weighted by molar-refractivity contribution is 5.30. The fourth-order valence-electron chi connectivity index (χ4n) is 2.00. The van der Waals surface area contributed by atoms with Crippen molar-refractivity contribution in [3.05, 3.63) is 40.7 Å². The molecule has 0 saturated carbocycles. The van der Waals surface area contributed by atoms with Gasteiger partial charge in [0.1, 0.15) is 0 Å². The topological polar surface area (TPSA) is 14.1 Å². The van der Waals surface area contributed by atoms with Gasteiger partial charge >= 0.3 is 0 Å². The number of hydrogen-bond acceptors (Lipinski definition) is 0. The van der Waals surface area contributed by atoms with Crippen molar-refractivity contribution in [1.82, 2.24) is 0 Å². The summed E-state index contributed by atoms with van der Waals surface area (Å²) in [5.74, 6) is 0.629. The minimum Gasteiger partial charge on any atom is -0.656 e. The largest absolute Gasteiger partial charge is 0.656 e. The maximum atomic E-state index is 4.58. The number of rotatable bonds is 2. The molecule has 0 spiro atoms. The third-order valence-electron chi connectivity index (χ3n) is 2.97. The van der Waals surface area contributed by atoms with Gasteiger partial charge in [-0.15, -0.1) is 12.6 Å². The van der Waals surface area contributed by atoms with E-state index in [2.05, 4.69) is 43.4 Å². The smallest absolute Gasteiger partial charge is 0.0219 e. The molecule has 1 heterocycles.